The largest absolute Gasteiger partial charge is 0.493 e. The van der Waals surface area contributed by atoms with Crippen molar-refractivity contribution >= 4 is 50.5 Å². The van der Waals surface area contributed by atoms with Gasteiger partial charge in [-0.15, -0.1) is 11.3 Å². The van der Waals surface area contributed by atoms with Crippen molar-refractivity contribution in [2.75, 3.05) is 20.8 Å². The first-order valence-electron chi connectivity index (χ1n) is 8.94. The van der Waals surface area contributed by atoms with Gasteiger partial charge in [-0.1, -0.05) is 29.8 Å². The Bertz CT molecular complexity index is 1130. The normalized spacial score (nSPS) is 11.3. The summed E-state index contributed by atoms with van der Waals surface area (Å²) in [6.45, 7) is 1.56. The number of nitrogens with one attached hydrogen (secondary N) is 2. The number of thiophene rings is 1. The van der Waals surface area contributed by atoms with Crippen molar-refractivity contribution in [3.8, 4) is 11.5 Å². The molecule has 0 bridgehead atoms. The lowest BCUT2D eigenvalue weighted by Gasteiger charge is -2.11. The zero-order valence-electron chi connectivity index (χ0n) is 16.6. The van der Waals surface area contributed by atoms with E-state index in [0.717, 1.165) is 15.6 Å². The number of hydrogen-bond donors (Lipinski definition) is 2. The highest BCUT2D eigenvalue weighted by molar-refractivity contribution is 7.17. The van der Waals surface area contributed by atoms with Crippen LogP contribution in [0, 0.1) is 0 Å². The maximum absolute atomic E-state index is 12.4. The summed E-state index contributed by atoms with van der Waals surface area (Å²) in [5.74, 6) is -0.207. The fourth-order valence-corrected chi connectivity index (χ4v) is 4.03. The molecule has 0 saturated carbocycles. The summed E-state index contributed by atoms with van der Waals surface area (Å²) in [7, 11) is 2.93. The molecular formula is C21H20ClN3O4S. The third-order valence-corrected chi connectivity index (χ3v) is 5.62. The molecule has 0 spiro atoms. The maximum Gasteiger partial charge on any atom is 0.259 e. The summed E-state index contributed by atoms with van der Waals surface area (Å²) < 4.78 is 11.5. The molecule has 1 heterocycles. The van der Waals surface area contributed by atoms with E-state index in [1.54, 1.807) is 11.3 Å². The van der Waals surface area contributed by atoms with Gasteiger partial charge in [0.25, 0.3) is 11.8 Å². The van der Waals surface area contributed by atoms with Crippen molar-refractivity contribution in [1.29, 1.82) is 0 Å². The number of amides is 2. The predicted octanol–water partition coefficient (Wildman–Crippen LogP) is 3.84. The van der Waals surface area contributed by atoms with Crippen LogP contribution in [0.1, 0.15) is 22.8 Å². The van der Waals surface area contributed by atoms with E-state index in [1.807, 2.05) is 36.6 Å². The number of hydrogen-bond acceptors (Lipinski definition) is 6. The van der Waals surface area contributed by atoms with Crippen molar-refractivity contribution in [2.45, 2.75) is 6.92 Å². The Labute approximate surface area is 182 Å². The second kappa shape index (κ2) is 9.60. The smallest absolute Gasteiger partial charge is 0.259 e. The number of carbonyl (C=O) groups excluding carboxylic acids is 2. The summed E-state index contributed by atoms with van der Waals surface area (Å²) in [5.41, 5.74) is 4.26. The van der Waals surface area contributed by atoms with E-state index < -0.39 is 11.8 Å². The van der Waals surface area contributed by atoms with Crippen molar-refractivity contribution < 1.29 is 19.1 Å². The molecule has 2 N–H and O–H groups in total. The van der Waals surface area contributed by atoms with E-state index in [9.17, 15) is 9.59 Å². The molecule has 30 heavy (non-hydrogen) atoms. The number of fused-ring (bicyclic) bond motifs is 1. The van der Waals surface area contributed by atoms with Gasteiger partial charge in [-0.2, -0.15) is 5.10 Å². The number of carbonyl (C=O) groups is 2. The minimum absolute atomic E-state index is 0.173. The fraction of sp³-hybridized carbons (Fsp3) is 0.190. The third-order valence-electron chi connectivity index (χ3n) is 4.35. The minimum Gasteiger partial charge on any atom is -0.493 e. The standard InChI is InChI=1S/C21H20ClN3O4S/c1-12(15-11-30-19-7-5-4-6-13(15)19)24-25-20(26)10-23-21(27)14-8-17(28-2)18(29-3)9-16(14)22/h4-9,11H,10H2,1-3H3,(H,23,27)(H,25,26)/b24-12+. The molecule has 0 aliphatic rings. The molecule has 2 amide bonds. The lowest BCUT2D eigenvalue weighted by atomic mass is 10.1. The van der Waals surface area contributed by atoms with Gasteiger partial charge in [-0.25, -0.2) is 5.43 Å². The highest BCUT2D eigenvalue weighted by atomic mass is 35.5. The molecule has 0 radical (unpaired) electrons. The van der Waals surface area contributed by atoms with Crippen LogP contribution in [0.3, 0.4) is 0 Å². The first-order valence-corrected chi connectivity index (χ1v) is 10.2. The van der Waals surface area contributed by atoms with Gasteiger partial charge in [-0.3, -0.25) is 9.59 Å². The molecule has 156 valence electrons. The molecule has 9 heteroatoms. The Morgan fingerprint density at radius 3 is 2.53 bits per heavy atom. The Morgan fingerprint density at radius 1 is 1.10 bits per heavy atom. The molecule has 2 aromatic carbocycles. The van der Waals surface area contributed by atoms with Crippen LogP contribution >= 0.6 is 22.9 Å². The number of methoxy groups -OCH3 is 2. The summed E-state index contributed by atoms with van der Waals surface area (Å²) in [6.07, 6.45) is 0. The Balaban J connectivity index is 1.62. The molecule has 0 saturated heterocycles. The van der Waals surface area contributed by atoms with Crippen molar-refractivity contribution in [3.05, 3.63) is 57.9 Å². The quantitative estimate of drug-likeness (QED) is 0.427. The highest BCUT2D eigenvalue weighted by Crippen LogP contribution is 2.33. The number of halogens is 1. The summed E-state index contributed by atoms with van der Waals surface area (Å²) in [6, 6.07) is 10.9. The number of ether oxygens (including phenoxy) is 2. The first kappa shape index (κ1) is 21.6. The third kappa shape index (κ3) is 4.72. The molecule has 0 aliphatic carbocycles. The molecule has 0 unspecified atom stereocenters. The molecule has 0 fully saturated rings. The van der Waals surface area contributed by atoms with Crippen molar-refractivity contribution in [2.24, 2.45) is 5.10 Å². The van der Waals surface area contributed by atoms with Crippen LogP contribution in [-0.2, 0) is 4.79 Å². The zero-order chi connectivity index (χ0) is 21.7. The SMILES string of the molecule is COc1cc(Cl)c(C(=O)NCC(=O)N/N=C(\C)c2csc3ccccc23)cc1OC. The van der Waals surface area contributed by atoms with E-state index in [4.69, 9.17) is 21.1 Å². The van der Waals surface area contributed by atoms with E-state index in [2.05, 4.69) is 15.8 Å². The fourth-order valence-electron chi connectivity index (χ4n) is 2.79. The molecule has 3 aromatic rings. The second-order valence-corrected chi connectivity index (χ2v) is 7.57. The van der Waals surface area contributed by atoms with Crippen LogP contribution in [-0.4, -0.2) is 38.3 Å². The van der Waals surface area contributed by atoms with Gasteiger partial charge in [0.2, 0.25) is 0 Å². The van der Waals surface area contributed by atoms with Gasteiger partial charge < -0.3 is 14.8 Å². The van der Waals surface area contributed by atoms with Gasteiger partial charge in [0.15, 0.2) is 11.5 Å². The second-order valence-electron chi connectivity index (χ2n) is 6.25. The van der Waals surface area contributed by atoms with Gasteiger partial charge in [0.1, 0.15) is 0 Å². The van der Waals surface area contributed by atoms with Crippen molar-refractivity contribution in [3.63, 3.8) is 0 Å². The Hall–Kier alpha value is -3.10. The average Bonchev–Trinajstić information content (AvgIpc) is 3.19. The lowest BCUT2D eigenvalue weighted by Crippen LogP contribution is -2.35. The minimum atomic E-state index is -0.513. The molecule has 7 nitrogen and oxygen atoms in total. The van der Waals surface area contributed by atoms with Crippen LogP contribution < -0.4 is 20.2 Å². The topological polar surface area (TPSA) is 89.0 Å². The van der Waals surface area contributed by atoms with Gasteiger partial charge in [0.05, 0.1) is 37.1 Å². The number of hydrazone groups is 1. The van der Waals surface area contributed by atoms with Gasteiger partial charge in [0, 0.05) is 27.1 Å². The molecule has 3 rings (SSSR count). The average molecular weight is 446 g/mol. The van der Waals surface area contributed by atoms with Gasteiger partial charge >= 0.3 is 0 Å². The van der Waals surface area contributed by atoms with Crippen LogP contribution in [0.5, 0.6) is 11.5 Å². The van der Waals surface area contributed by atoms with E-state index in [1.165, 1.54) is 26.4 Å². The number of rotatable bonds is 7. The number of nitrogens with zero attached hydrogens (tertiary/aromatic N) is 1. The lowest BCUT2D eigenvalue weighted by molar-refractivity contribution is -0.120. The van der Waals surface area contributed by atoms with Crippen LogP contribution in [0.4, 0.5) is 0 Å². The van der Waals surface area contributed by atoms with Crippen LogP contribution in [0.25, 0.3) is 10.1 Å². The number of benzene rings is 2. The molecule has 0 atom stereocenters. The molecule has 1 aromatic heterocycles. The van der Waals surface area contributed by atoms with E-state index in [0.29, 0.717) is 17.2 Å². The highest BCUT2D eigenvalue weighted by Gasteiger charge is 2.16. The Kier molecular flexibility index (Phi) is 6.91. The maximum atomic E-state index is 12.4. The van der Waals surface area contributed by atoms with Crippen LogP contribution in [0.2, 0.25) is 5.02 Å². The predicted molar refractivity (Wildman–Crippen MR) is 119 cm³/mol. The van der Waals surface area contributed by atoms with Gasteiger partial charge in [-0.05, 0) is 19.1 Å². The van der Waals surface area contributed by atoms with E-state index >= 15 is 0 Å². The van der Waals surface area contributed by atoms with E-state index in [-0.39, 0.29) is 17.1 Å². The molecule has 0 aliphatic heterocycles. The summed E-state index contributed by atoms with van der Waals surface area (Å²) in [4.78, 5) is 24.5. The monoisotopic (exact) mass is 445 g/mol. The van der Waals surface area contributed by atoms with Crippen molar-refractivity contribution in [1.82, 2.24) is 10.7 Å². The van der Waals surface area contributed by atoms with Crippen LogP contribution in [0.15, 0.2) is 46.9 Å². The zero-order valence-corrected chi connectivity index (χ0v) is 18.2. The Morgan fingerprint density at radius 2 is 1.80 bits per heavy atom. The molecular weight excluding hydrogens is 426 g/mol. The summed E-state index contributed by atoms with van der Waals surface area (Å²) >= 11 is 7.75. The first-order chi connectivity index (χ1) is 14.4. The summed E-state index contributed by atoms with van der Waals surface area (Å²) in [5, 5.41) is 9.92.